The fraction of sp³-hybridized carbons (Fsp3) is 0.278. The van der Waals surface area contributed by atoms with Crippen molar-refractivity contribution < 1.29 is 18.4 Å². The van der Waals surface area contributed by atoms with Gasteiger partial charge < -0.3 is 4.52 Å². The fourth-order valence-corrected chi connectivity index (χ4v) is 6.09. The third kappa shape index (κ3) is 3.30. The minimum Gasteiger partial charge on any atom is -0.417 e. The molecule has 0 fully saturated rings. The number of rotatable bonds is 7. The van der Waals surface area contributed by atoms with Crippen LogP contribution in [0.25, 0.3) is 11.1 Å². The molecule has 0 heterocycles. The summed E-state index contributed by atoms with van der Waals surface area (Å²) in [5.41, 5.74) is 3.09. The van der Waals surface area contributed by atoms with Crippen LogP contribution in [0.4, 0.5) is 0 Å². The second-order valence-electron chi connectivity index (χ2n) is 5.37. The van der Waals surface area contributed by atoms with Crippen molar-refractivity contribution in [1.29, 1.82) is 0 Å². The number of fused-ring (bicyclic) bond motifs is 3. The molecule has 0 saturated carbocycles. The maximum atomic E-state index is 12.8. The highest BCUT2D eigenvalue weighted by Gasteiger charge is 2.30. The lowest BCUT2D eigenvalue weighted by atomic mass is 10.1. The molecule has 6 heteroatoms. The number of carbonyl (C=O) groups excluding carboxylic acids is 1. The van der Waals surface area contributed by atoms with Gasteiger partial charge in [-0.3, -0.25) is 9.32 Å². The first-order valence-electron chi connectivity index (χ1n) is 7.95. The lowest BCUT2D eigenvalue weighted by molar-refractivity contribution is 0.104. The van der Waals surface area contributed by atoms with Crippen molar-refractivity contribution in [2.45, 2.75) is 20.3 Å². The maximum Gasteiger partial charge on any atom is 0.440 e. The Morgan fingerprint density at radius 1 is 1.00 bits per heavy atom. The lowest BCUT2D eigenvalue weighted by Gasteiger charge is -2.17. The normalized spacial score (nSPS) is 14.8. The van der Waals surface area contributed by atoms with Gasteiger partial charge in [-0.15, -0.1) is 0 Å². The van der Waals surface area contributed by atoms with Gasteiger partial charge in [0.15, 0.2) is 5.78 Å². The molecule has 24 heavy (non-hydrogen) atoms. The van der Waals surface area contributed by atoms with Crippen LogP contribution in [0.5, 0.6) is 5.75 Å². The van der Waals surface area contributed by atoms with Crippen LogP contribution in [0.15, 0.2) is 42.5 Å². The summed E-state index contributed by atoms with van der Waals surface area (Å²) in [7, 11) is 0. The molecular formula is C18H19O4PS. The predicted octanol–water partition coefficient (Wildman–Crippen LogP) is 5.56. The average Bonchev–Trinajstić information content (AvgIpc) is 2.86. The third-order valence-corrected chi connectivity index (χ3v) is 7.61. The van der Waals surface area contributed by atoms with Crippen molar-refractivity contribution in [2.24, 2.45) is 0 Å². The van der Waals surface area contributed by atoms with Gasteiger partial charge in [0.1, 0.15) is 5.75 Å². The Labute approximate surface area is 145 Å². The van der Waals surface area contributed by atoms with Crippen LogP contribution in [0.2, 0.25) is 0 Å². The monoisotopic (exact) mass is 362 g/mol. The van der Waals surface area contributed by atoms with Crippen LogP contribution in [0.3, 0.4) is 0 Å². The smallest absolute Gasteiger partial charge is 0.417 e. The van der Waals surface area contributed by atoms with Gasteiger partial charge in [0.2, 0.25) is 0 Å². The van der Waals surface area contributed by atoms with Crippen molar-refractivity contribution in [2.75, 3.05) is 12.4 Å². The first-order chi connectivity index (χ1) is 11.6. The summed E-state index contributed by atoms with van der Waals surface area (Å²) < 4.78 is 23.8. The molecule has 0 aromatic heterocycles. The summed E-state index contributed by atoms with van der Waals surface area (Å²) in [6, 6.07) is 12.8. The summed E-state index contributed by atoms with van der Waals surface area (Å²) in [6.07, 6.45) is 0.878. The number of hydrogen-bond donors (Lipinski definition) is 0. The Morgan fingerprint density at radius 3 is 2.42 bits per heavy atom. The highest BCUT2D eigenvalue weighted by molar-refractivity contribution is 8.55. The summed E-state index contributed by atoms with van der Waals surface area (Å²) in [5.74, 6) is 1.06. The molecule has 126 valence electrons. The largest absolute Gasteiger partial charge is 0.440 e. The van der Waals surface area contributed by atoms with Crippen LogP contribution >= 0.6 is 18.2 Å². The van der Waals surface area contributed by atoms with Crippen molar-refractivity contribution in [3.05, 3.63) is 53.6 Å². The number of benzene rings is 2. The van der Waals surface area contributed by atoms with E-state index in [0.29, 0.717) is 29.2 Å². The number of hydrogen-bond acceptors (Lipinski definition) is 5. The predicted molar refractivity (Wildman–Crippen MR) is 97.9 cm³/mol. The molecule has 0 spiro atoms. The SMILES string of the molecule is CCCSP(=O)(OCC)Oc1ccc2c(c1)C(=O)c1ccccc1-2. The van der Waals surface area contributed by atoms with Crippen molar-refractivity contribution >= 4 is 24.0 Å². The standard InChI is InChI=1S/C18H19O4PS/c1-3-11-24-23(20,21-4-2)22-13-9-10-15-14-7-5-6-8-16(14)18(19)17(15)12-13/h5-10,12H,3-4,11H2,1-2H3. The second-order valence-corrected chi connectivity index (χ2v) is 9.49. The Hall–Kier alpha value is -1.55. The summed E-state index contributed by atoms with van der Waals surface area (Å²) in [5, 5.41) is 0. The number of carbonyl (C=O) groups is 1. The van der Waals surface area contributed by atoms with Crippen molar-refractivity contribution in [3.63, 3.8) is 0 Å². The molecule has 4 nitrogen and oxygen atoms in total. The Morgan fingerprint density at radius 2 is 1.71 bits per heavy atom. The molecule has 0 aliphatic heterocycles. The maximum absolute atomic E-state index is 12.8. The summed E-state index contributed by atoms with van der Waals surface area (Å²) in [4.78, 5) is 12.5. The molecule has 0 bridgehead atoms. The Kier molecular flexibility index (Phi) is 5.14. The van der Waals surface area contributed by atoms with Crippen molar-refractivity contribution in [3.8, 4) is 16.9 Å². The summed E-state index contributed by atoms with van der Waals surface area (Å²) in [6.45, 7) is 0.830. The van der Waals surface area contributed by atoms with E-state index in [9.17, 15) is 9.36 Å². The van der Waals surface area contributed by atoms with Crippen LogP contribution in [0, 0.1) is 0 Å². The first-order valence-corrected chi connectivity index (χ1v) is 11.1. The topological polar surface area (TPSA) is 52.6 Å². The van der Waals surface area contributed by atoms with E-state index in [1.54, 1.807) is 19.1 Å². The van der Waals surface area contributed by atoms with E-state index < -0.39 is 6.80 Å². The van der Waals surface area contributed by atoms with Gasteiger partial charge in [0.25, 0.3) is 0 Å². The van der Waals surface area contributed by atoms with Crippen LogP contribution in [-0.2, 0) is 9.09 Å². The minimum atomic E-state index is -3.27. The van der Waals surface area contributed by atoms with E-state index in [1.807, 2.05) is 37.3 Å². The Balaban J connectivity index is 1.90. The molecule has 1 aliphatic rings. The van der Waals surface area contributed by atoms with Crippen LogP contribution in [-0.4, -0.2) is 18.1 Å². The van der Waals surface area contributed by atoms with E-state index in [4.69, 9.17) is 9.05 Å². The van der Waals surface area contributed by atoms with Gasteiger partial charge in [-0.2, -0.15) is 0 Å². The lowest BCUT2D eigenvalue weighted by Crippen LogP contribution is -1.98. The second kappa shape index (κ2) is 7.14. The summed E-state index contributed by atoms with van der Waals surface area (Å²) >= 11 is 1.19. The van der Waals surface area contributed by atoms with Gasteiger partial charge >= 0.3 is 6.80 Å². The van der Waals surface area contributed by atoms with Gasteiger partial charge in [0.05, 0.1) is 6.61 Å². The first kappa shape index (κ1) is 17.3. The van der Waals surface area contributed by atoms with Gasteiger partial charge in [0, 0.05) is 16.9 Å². The molecule has 1 unspecified atom stereocenters. The molecule has 2 aromatic carbocycles. The molecule has 1 atom stereocenters. The van der Waals surface area contributed by atoms with Crippen LogP contribution < -0.4 is 4.52 Å². The van der Waals surface area contributed by atoms with Gasteiger partial charge in [-0.05, 0) is 54.1 Å². The molecule has 0 radical (unpaired) electrons. The molecule has 0 N–H and O–H groups in total. The van der Waals surface area contributed by atoms with E-state index >= 15 is 0 Å². The molecule has 0 saturated heterocycles. The molecule has 1 aliphatic carbocycles. The molecule has 0 amide bonds. The highest BCUT2D eigenvalue weighted by atomic mass is 32.7. The van der Waals surface area contributed by atoms with E-state index in [1.165, 1.54) is 11.4 Å². The van der Waals surface area contributed by atoms with E-state index in [2.05, 4.69) is 0 Å². The number of ketones is 1. The Bertz CT molecular complexity index is 818. The average molecular weight is 362 g/mol. The van der Waals surface area contributed by atoms with E-state index in [0.717, 1.165) is 17.5 Å². The zero-order valence-corrected chi connectivity index (χ0v) is 15.4. The van der Waals surface area contributed by atoms with E-state index in [-0.39, 0.29) is 5.78 Å². The third-order valence-electron chi connectivity index (χ3n) is 3.66. The molecule has 2 aromatic rings. The van der Waals surface area contributed by atoms with Gasteiger partial charge in [-0.1, -0.05) is 31.2 Å². The quantitative estimate of drug-likeness (QED) is 0.515. The molecular weight excluding hydrogens is 343 g/mol. The highest BCUT2D eigenvalue weighted by Crippen LogP contribution is 2.60. The zero-order chi connectivity index (χ0) is 17.2. The molecule has 3 rings (SSSR count). The van der Waals surface area contributed by atoms with Crippen molar-refractivity contribution in [1.82, 2.24) is 0 Å². The van der Waals surface area contributed by atoms with Gasteiger partial charge in [-0.25, -0.2) is 4.57 Å². The fourth-order valence-electron chi connectivity index (χ4n) is 2.64. The minimum absolute atomic E-state index is 0.0292. The zero-order valence-electron chi connectivity index (χ0n) is 13.7. The van der Waals surface area contributed by atoms with Crippen LogP contribution in [0.1, 0.15) is 36.2 Å².